The average molecular weight is 218 g/mol. The van der Waals surface area contributed by atoms with E-state index in [9.17, 15) is 0 Å². The minimum Gasteiger partial charge on any atom is -0.550 e. The van der Waals surface area contributed by atoms with E-state index < -0.39 is 18.0 Å². The van der Waals surface area contributed by atoms with Crippen molar-refractivity contribution in [2.24, 2.45) is 11.5 Å². The summed E-state index contributed by atoms with van der Waals surface area (Å²) in [7, 11) is 0. The first-order chi connectivity index (χ1) is 5.20. The van der Waals surface area contributed by atoms with Crippen LogP contribution in [0.2, 0.25) is 0 Å². The van der Waals surface area contributed by atoms with Gasteiger partial charge in [0, 0.05) is 11.9 Å². The zero-order chi connectivity index (χ0) is 10.7. The van der Waals surface area contributed by atoms with Crippen molar-refractivity contribution in [1.82, 2.24) is 0 Å². The van der Waals surface area contributed by atoms with E-state index in [0.29, 0.717) is 0 Å². The second-order valence-corrected chi connectivity index (χ2v) is 1.39. The minimum absolute atomic E-state index is 0. The molecule has 2 amide bonds. The molecular formula is C5H10CaN2O5. The van der Waals surface area contributed by atoms with E-state index in [-0.39, 0.29) is 37.7 Å². The average Bonchev–Trinajstić information content (AvgIpc) is 1.54. The number of aliphatic carboxylic acids is 2. The molecule has 0 heterocycles. The summed E-state index contributed by atoms with van der Waals surface area (Å²) in [5.41, 5.74) is 8.50. The van der Waals surface area contributed by atoms with Gasteiger partial charge in [-0.25, -0.2) is 4.79 Å². The van der Waals surface area contributed by atoms with Crippen molar-refractivity contribution in [3.05, 3.63) is 0 Å². The molecule has 0 aromatic heterocycles. The first-order valence-electron chi connectivity index (χ1n) is 2.60. The Morgan fingerprint density at radius 2 is 0.923 bits per heavy atom. The minimum atomic E-state index is -1.08. The van der Waals surface area contributed by atoms with Crippen LogP contribution in [-0.4, -0.2) is 55.7 Å². The van der Waals surface area contributed by atoms with Gasteiger partial charge in [0.15, 0.2) is 0 Å². The second kappa shape index (κ2) is 17.5. The molecule has 0 atom stereocenters. The summed E-state index contributed by atoms with van der Waals surface area (Å²) in [6.07, 6.45) is 0. The van der Waals surface area contributed by atoms with Crippen LogP contribution >= 0.6 is 0 Å². The maximum Gasteiger partial charge on any atom is 2.00 e. The summed E-state index contributed by atoms with van der Waals surface area (Å²) in [4.78, 5) is 26.8. The molecule has 0 aromatic carbocycles. The number of hydrogen-bond donors (Lipinski definition) is 2. The Balaban J connectivity index is -0.0000000450. The largest absolute Gasteiger partial charge is 2.00 e. The Morgan fingerprint density at radius 1 is 0.923 bits per heavy atom. The van der Waals surface area contributed by atoms with Crippen LogP contribution < -0.4 is 21.7 Å². The number of carboxylic acid groups (broad SMARTS) is 2. The first-order valence-corrected chi connectivity index (χ1v) is 2.60. The van der Waals surface area contributed by atoms with Gasteiger partial charge < -0.3 is 31.3 Å². The van der Waals surface area contributed by atoms with E-state index in [1.54, 1.807) is 0 Å². The Labute approximate surface area is 105 Å². The SMILES string of the molecule is CC(=O)[O-].CC(=O)[O-].NC(N)=O.[Ca+2]. The van der Waals surface area contributed by atoms with Gasteiger partial charge >= 0.3 is 43.8 Å². The van der Waals surface area contributed by atoms with Crippen molar-refractivity contribution in [3.63, 3.8) is 0 Å². The molecule has 0 saturated carbocycles. The van der Waals surface area contributed by atoms with Gasteiger partial charge in [0.05, 0.1) is 0 Å². The fraction of sp³-hybridized carbons (Fsp3) is 0.400. The molecule has 0 radical (unpaired) electrons. The van der Waals surface area contributed by atoms with Crippen molar-refractivity contribution < 1.29 is 24.6 Å². The molecule has 13 heavy (non-hydrogen) atoms. The predicted molar refractivity (Wildman–Crippen MR) is 40.9 cm³/mol. The third-order valence-corrected chi connectivity index (χ3v) is 0. The van der Waals surface area contributed by atoms with Crippen molar-refractivity contribution in [3.8, 4) is 0 Å². The Bertz CT molecular complexity index is 120. The number of primary amides is 2. The van der Waals surface area contributed by atoms with Gasteiger partial charge in [-0.15, -0.1) is 0 Å². The molecule has 0 aliphatic rings. The van der Waals surface area contributed by atoms with Crippen LogP contribution in [0.5, 0.6) is 0 Å². The second-order valence-electron chi connectivity index (χ2n) is 1.39. The third-order valence-electron chi connectivity index (χ3n) is 0. The normalized spacial score (nSPS) is 5.69. The molecule has 0 aliphatic heterocycles. The van der Waals surface area contributed by atoms with E-state index in [2.05, 4.69) is 11.5 Å². The number of rotatable bonds is 0. The zero-order valence-electron chi connectivity index (χ0n) is 7.40. The van der Waals surface area contributed by atoms with Crippen molar-refractivity contribution >= 4 is 55.7 Å². The number of carbonyl (C=O) groups excluding carboxylic acids is 3. The molecule has 0 rings (SSSR count). The molecule has 0 aliphatic carbocycles. The summed E-state index contributed by atoms with van der Waals surface area (Å²) < 4.78 is 0. The summed E-state index contributed by atoms with van der Waals surface area (Å²) in [5.74, 6) is -2.17. The van der Waals surface area contributed by atoms with Crippen LogP contribution in [0.1, 0.15) is 13.8 Å². The van der Waals surface area contributed by atoms with Crippen molar-refractivity contribution in [2.45, 2.75) is 13.8 Å². The maximum absolute atomic E-state index is 9.00. The van der Waals surface area contributed by atoms with Crippen LogP contribution in [0.15, 0.2) is 0 Å². The van der Waals surface area contributed by atoms with E-state index in [1.807, 2.05) is 0 Å². The Hall–Kier alpha value is -0.530. The monoisotopic (exact) mass is 218 g/mol. The number of carboxylic acids is 2. The molecule has 0 aromatic rings. The van der Waals surface area contributed by atoms with Gasteiger partial charge in [0.25, 0.3) is 0 Å². The van der Waals surface area contributed by atoms with E-state index in [0.717, 1.165) is 13.8 Å². The number of nitrogens with two attached hydrogens (primary N) is 2. The maximum atomic E-state index is 9.00. The molecule has 4 N–H and O–H groups in total. The van der Waals surface area contributed by atoms with Crippen LogP contribution in [0.3, 0.4) is 0 Å². The Kier molecular flexibility index (Phi) is 30.8. The fourth-order valence-corrected chi connectivity index (χ4v) is 0. The summed E-state index contributed by atoms with van der Waals surface area (Å²) >= 11 is 0. The van der Waals surface area contributed by atoms with E-state index in [4.69, 9.17) is 24.6 Å². The molecule has 72 valence electrons. The molecule has 0 saturated heterocycles. The molecule has 0 fully saturated rings. The topological polar surface area (TPSA) is 149 Å². The van der Waals surface area contributed by atoms with Gasteiger partial charge in [0.1, 0.15) is 0 Å². The van der Waals surface area contributed by atoms with Crippen molar-refractivity contribution in [1.29, 1.82) is 0 Å². The zero-order valence-corrected chi connectivity index (χ0v) is 9.61. The molecular weight excluding hydrogens is 208 g/mol. The van der Waals surface area contributed by atoms with Crippen molar-refractivity contribution in [2.75, 3.05) is 0 Å². The van der Waals surface area contributed by atoms with E-state index in [1.165, 1.54) is 0 Å². The standard InChI is InChI=1S/2C2H4O2.CH4N2O.Ca/c2*1-2(3)4;2-1(3)4;/h2*1H3,(H,3,4);(H4,2,3,4);/q;;;+2/p-2. The predicted octanol–water partition coefficient (Wildman–Crippen LogP) is -3.84. The fourth-order valence-electron chi connectivity index (χ4n) is 0. The number of hydrogen-bond acceptors (Lipinski definition) is 5. The van der Waals surface area contributed by atoms with Crippen LogP contribution in [0.25, 0.3) is 0 Å². The van der Waals surface area contributed by atoms with Gasteiger partial charge in [-0.05, 0) is 13.8 Å². The van der Waals surface area contributed by atoms with Crippen LogP contribution in [-0.2, 0) is 9.59 Å². The molecule has 0 unspecified atom stereocenters. The van der Waals surface area contributed by atoms with Gasteiger partial charge in [0.2, 0.25) is 0 Å². The molecule has 7 nitrogen and oxygen atoms in total. The van der Waals surface area contributed by atoms with Crippen LogP contribution in [0.4, 0.5) is 4.79 Å². The third kappa shape index (κ3) is 3660. The number of urea groups is 1. The summed E-state index contributed by atoms with van der Waals surface area (Å²) in [5, 5.41) is 17.8. The van der Waals surface area contributed by atoms with E-state index >= 15 is 0 Å². The van der Waals surface area contributed by atoms with Crippen LogP contribution in [0, 0.1) is 0 Å². The number of carbonyl (C=O) groups is 3. The van der Waals surface area contributed by atoms with Gasteiger partial charge in [-0.1, -0.05) is 0 Å². The summed E-state index contributed by atoms with van der Waals surface area (Å²) in [6.45, 7) is 1.94. The van der Waals surface area contributed by atoms with Gasteiger partial charge in [-0.2, -0.15) is 0 Å². The summed E-state index contributed by atoms with van der Waals surface area (Å²) in [6, 6.07) is -0.833. The molecule has 8 heteroatoms. The quantitative estimate of drug-likeness (QED) is 0.399. The smallest absolute Gasteiger partial charge is 0.550 e. The first kappa shape index (κ1) is 22.9. The molecule has 0 bridgehead atoms. The number of amides is 2. The van der Waals surface area contributed by atoms with Gasteiger partial charge in [-0.3, -0.25) is 0 Å². The Morgan fingerprint density at radius 3 is 0.923 bits per heavy atom. The molecule has 0 spiro atoms.